The second-order valence-corrected chi connectivity index (χ2v) is 3.47. The number of carbonyl (C=O) groups excluding carboxylic acids is 2. The Kier molecular flexibility index (Phi) is 4.70. The number of esters is 1. The van der Waals surface area contributed by atoms with Crippen molar-refractivity contribution in [2.24, 2.45) is 0 Å². The molecule has 0 radical (unpaired) electrons. The van der Waals surface area contributed by atoms with Crippen molar-refractivity contribution < 1.29 is 27.5 Å². The molecule has 0 N–H and O–H groups in total. The minimum absolute atomic E-state index is 0.0711. The third kappa shape index (κ3) is 4.14. The van der Waals surface area contributed by atoms with Gasteiger partial charge < -0.3 is 4.74 Å². The highest BCUT2D eigenvalue weighted by Gasteiger charge is 2.33. The molecule has 1 aromatic carbocycles. The highest BCUT2D eigenvalue weighted by molar-refractivity contribution is 5.78. The Morgan fingerprint density at radius 2 is 2.11 bits per heavy atom. The molecule has 0 atom stereocenters. The Labute approximate surface area is 107 Å². The zero-order valence-corrected chi connectivity index (χ0v) is 9.88. The van der Waals surface area contributed by atoms with Gasteiger partial charge in [-0.15, -0.1) is 0 Å². The van der Waals surface area contributed by atoms with E-state index < -0.39 is 23.3 Å². The van der Waals surface area contributed by atoms with Crippen LogP contribution in [0, 0.1) is 11.8 Å². The van der Waals surface area contributed by atoms with Gasteiger partial charge in [0, 0.05) is 11.1 Å². The van der Waals surface area contributed by atoms with Crippen molar-refractivity contribution in [3.8, 4) is 11.8 Å². The van der Waals surface area contributed by atoms with Gasteiger partial charge in [0.1, 0.15) is 6.42 Å². The molecule has 0 saturated heterocycles. The van der Waals surface area contributed by atoms with Crippen LogP contribution in [-0.4, -0.2) is 19.4 Å². The Morgan fingerprint density at radius 1 is 1.42 bits per heavy atom. The van der Waals surface area contributed by atoms with Gasteiger partial charge in [0.15, 0.2) is 6.29 Å². The van der Waals surface area contributed by atoms with Crippen LogP contribution in [0.5, 0.6) is 0 Å². The van der Waals surface area contributed by atoms with Crippen molar-refractivity contribution in [1.29, 1.82) is 0 Å². The van der Waals surface area contributed by atoms with Gasteiger partial charge in [0.2, 0.25) is 0 Å². The lowest BCUT2D eigenvalue weighted by atomic mass is 10.0. The van der Waals surface area contributed by atoms with Crippen LogP contribution in [-0.2, 0) is 15.7 Å². The van der Waals surface area contributed by atoms with Crippen molar-refractivity contribution in [2.75, 3.05) is 7.11 Å². The van der Waals surface area contributed by atoms with E-state index in [4.69, 9.17) is 0 Å². The summed E-state index contributed by atoms with van der Waals surface area (Å²) in [5.74, 6) is 4.22. The molecule has 0 unspecified atom stereocenters. The fourth-order valence-electron chi connectivity index (χ4n) is 1.27. The monoisotopic (exact) mass is 270 g/mol. The number of halogens is 3. The number of hydrogen-bond donors (Lipinski definition) is 0. The molecule has 0 fully saturated rings. The van der Waals surface area contributed by atoms with Crippen molar-refractivity contribution in [1.82, 2.24) is 0 Å². The van der Waals surface area contributed by atoms with Crippen LogP contribution >= 0.6 is 0 Å². The van der Waals surface area contributed by atoms with E-state index in [1.807, 2.05) is 0 Å². The summed E-state index contributed by atoms with van der Waals surface area (Å²) in [5, 5.41) is 0. The molecule has 1 rings (SSSR count). The van der Waals surface area contributed by atoms with E-state index in [1.54, 1.807) is 0 Å². The lowest BCUT2D eigenvalue weighted by Gasteiger charge is -2.09. The molecule has 3 nitrogen and oxygen atoms in total. The Balaban J connectivity index is 3.06. The first-order valence-corrected chi connectivity index (χ1v) is 5.10. The number of hydrogen-bond acceptors (Lipinski definition) is 3. The lowest BCUT2D eigenvalue weighted by Crippen LogP contribution is -2.09. The number of ether oxygens (including phenoxy) is 1. The third-order valence-electron chi connectivity index (χ3n) is 2.18. The maximum absolute atomic E-state index is 12.6. The molecule has 6 heteroatoms. The van der Waals surface area contributed by atoms with E-state index in [0.29, 0.717) is 0 Å². The highest BCUT2D eigenvalue weighted by atomic mass is 19.4. The highest BCUT2D eigenvalue weighted by Crippen LogP contribution is 2.31. The third-order valence-corrected chi connectivity index (χ3v) is 2.18. The zero-order valence-electron chi connectivity index (χ0n) is 9.88. The molecule has 0 spiro atoms. The molecule has 0 aromatic heterocycles. The zero-order chi connectivity index (χ0) is 14.5. The van der Waals surface area contributed by atoms with Gasteiger partial charge in [-0.3, -0.25) is 9.59 Å². The maximum atomic E-state index is 12.6. The summed E-state index contributed by atoms with van der Waals surface area (Å²) >= 11 is 0. The summed E-state index contributed by atoms with van der Waals surface area (Å²) in [6.45, 7) is 0. The van der Waals surface area contributed by atoms with E-state index in [-0.39, 0.29) is 18.3 Å². The van der Waals surface area contributed by atoms with Crippen LogP contribution in [0.25, 0.3) is 0 Å². The van der Waals surface area contributed by atoms with Crippen LogP contribution in [0.15, 0.2) is 18.2 Å². The van der Waals surface area contributed by atoms with Crippen LogP contribution in [0.1, 0.15) is 27.9 Å². The second kappa shape index (κ2) is 6.05. The topological polar surface area (TPSA) is 43.4 Å². The molecular weight excluding hydrogens is 261 g/mol. The van der Waals surface area contributed by atoms with Gasteiger partial charge in [-0.1, -0.05) is 11.8 Å². The van der Waals surface area contributed by atoms with E-state index in [0.717, 1.165) is 12.1 Å². The number of carbonyl (C=O) groups is 2. The van der Waals surface area contributed by atoms with E-state index in [1.165, 1.54) is 13.2 Å². The smallest absolute Gasteiger partial charge is 0.417 e. The molecule has 0 aliphatic carbocycles. The summed E-state index contributed by atoms with van der Waals surface area (Å²) in [5.41, 5.74) is -1.43. The SMILES string of the molecule is COC(=O)CC#Cc1ccc(C=O)c(C(F)(F)F)c1. The number of benzene rings is 1. The van der Waals surface area contributed by atoms with Gasteiger partial charge in [0.05, 0.1) is 12.7 Å². The molecule has 0 heterocycles. The van der Waals surface area contributed by atoms with Crippen LogP contribution in [0.3, 0.4) is 0 Å². The summed E-state index contributed by atoms with van der Waals surface area (Å²) in [7, 11) is 1.19. The summed E-state index contributed by atoms with van der Waals surface area (Å²) in [6.07, 6.45) is -4.71. The molecule has 0 saturated carbocycles. The maximum Gasteiger partial charge on any atom is 0.417 e. The fraction of sp³-hybridized carbons (Fsp3) is 0.231. The molecular formula is C13H9F3O3. The van der Waals surface area contributed by atoms with Gasteiger partial charge in [-0.25, -0.2) is 0 Å². The molecule has 0 bridgehead atoms. The van der Waals surface area contributed by atoms with Crippen molar-refractivity contribution in [3.63, 3.8) is 0 Å². The molecule has 100 valence electrons. The molecule has 19 heavy (non-hydrogen) atoms. The first kappa shape index (κ1) is 14.8. The number of methoxy groups -OCH3 is 1. The van der Waals surface area contributed by atoms with Crippen molar-refractivity contribution in [3.05, 3.63) is 34.9 Å². The minimum Gasteiger partial charge on any atom is -0.468 e. The van der Waals surface area contributed by atoms with E-state index in [9.17, 15) is 22.8 Å². The van der Waals surface area contributed by atoms with Crippen LogP contribution in [0.4, 0.5) is 13.2 Å². The Morgan fingerprint density at radius 3 is 2.63 bits per heavy atom. The van der Waals surface area contributed by atoms with Crippen molar-refractivity contribution in [2.45, 2.75) is 12.6 Å². The standard InChI is InChI=1S/C13H9F3O3/c1-19-12(18)4-2-3-9-5-6-10(8-17)11(7-9)13(14,15)16/h5-8H,4H2,1H3. The normalized spacial score (nSPS) is 10.3. The first-order valence-electron chi connectivity index (χ1n) is 5.10. The van der Waals surface area contributed by atoms with Crippen LogP contribution in [0.2, 0.25) is 0 Å². The predicted molar refractivity (Wildman–Crippen MR) is 60.3 cm³/mol. The van der Waals surface area contributed by atoms with Crippen LogP contribution < -0.4 is 0 Å². The summed E-state index contributed by atoms with van der Waals surface area (Å²) in [6, 6.07) is 3.09. The fourth-order valence-corrected chi connectivity index (χ4v) is 1.27. The summed E-state index contributed by atoms with van der Waals surface area (Å²) in [4.78, 5) is 21.3. The first-order chi connectivity index (χ1) is 8.88. The van der Waals surface area contributed by atoms with Gasteiger partial charge >= 0.3 is 12.1 Å². The lowest BCUT2D eigenvalue weighted by molar-refractivity contribution is -0.139. The number of rotatable bonds is 2. The quantitative estimate of drug-likeness (QED) is 0.471. The van der Waals surface area contributed by atoms with Gasteiger partial charge in [-0.05, 0) is 18.2 Å². The second-order valence-electron chi connectivity index (χ2n) is 3.47. The van der Waals surface area contributed by atoms with Crippen molar-refractivity contribution >= 4 is 12.3 Å². The predicted octanol–water partition coefficient (Wildman–Crippen LogP) is 2.43. The van der Waals surface area contributed by atoms with E-state index >= 15 is 0 Å². The van der Waals surface area contributed by atoms with Gasteiger partial charge in [-0.2, -0.15) is 13.2 Å². The minimum atomic E-state index is -4.63. The average molecular weight is 270 g/mol. The Bertz CT molecular complexity index is 550. The largest absolute Gasteiger partial charge is 0.468 e. The van der Waals surface area contributed by atoms with Gasteiger partial charge in [0.25, 0.3) is 0 Å². The molecule has 0 amide bonds. The molecule has 1 aromatic rings. The summed E-state index contributed by atoms with van der Waals surface area (Å²) < 4.78 is 42.3. The molecule has 0 aliphatic rings. The molecule has 0 aliphatic heterocycles. The number of alkyl halides is 3. The Hall–Kier alpha value is -2.29. The number of aldehydes is 1. The van der Waals surface area contributed by atoms with E-state index in [2.05, 4.69) is 16.6 Å². The average Bonchev–Trinajstić information content (AvgIpc) is 2.37.